The van der Waals surface area contributed by atoms with E-state index in [4.69, 9.17) is 0 Å². The maximum absolute atomic E-state index is 13.4. The fourth-order valence-electron chi connectivity index (χ4n) is 3.00. The minimum absolute atomic E-state index is 0.115. The number of benzene rings is 1. The molecule has 0 radical (unpaired) electrons. The predicted octanol–water partition coefficient (Wildman–Crippen LogP) is 4.39. The predicted molar refractivity (Wildman–Crippen MR) is 82.7 cm³/mol. The van der Waals surface area contributed by atoms with Gasteiger partial charge in [0.15, 0.2) is 0 Å². The Balaban J connectivity index is 2.63. The van der Waals surface area contributed by atoms with Crippen molar-refractivity contribution in [1.82, 2.24) is 4.31 Å². The standard InChI is InChI=1S/C16H22F3NO2S/c1-11(2)12-6-7-14(13(10-12)16(17,18)19)23(21,22)20-9-5-8-15(20,3)4/h6-7,10-11H,5,8-9H2,1-4H3. The molecule has 0 saturated carbocycles. The molecular weight excluding hydrogens is 327 g/mol. The first-order valence-corrected chi connectivity index (χ1v) is 9.05. The molecule has 2 rings (SSSR count). The lowest BCUT2D eigenvalue weighted by molar-refractivity contribution is -0.140. The third-order valence-electron chi connectivity index (χ3n) is 4.37. The molecule has 0 amide bonds. The van der Waals surface area contributed by atoms with Crippen LogP contribution in [0.25, 0.3) is 0 Å². The normalized spacial score (nSPS) is 19.5. The summed E-state index contributed by atoms with van der Waals surface area (Å²) in [5.74, 6) is -0.115. The summed E-state index contributed by atoms with van der Waals surface area (Å²) >= 11 is 0. The fourth-order valence-corrected chi connectivity index (χ4v) is 5.04. The van der Waals surface area contributed by atoms with Crippen LogP contribution in [0.5, 0.6) is 0 Å². The number of nitrogens with zero attached hydrogens (tertiary/aromatic N) is 1. The lowest BCUT2D eigenvalue weighted by Crippen LogP contribution is -2.43. The summed E-state index contributed by atoms with van der Waals surface area (Å²) in [5.41, 5.74) is -1.28. The largest absolute Gasteiger partial charge is 0.417 e. The zero-order chi connectivity index (χ0) is 17.6. The molecule has 1 saturated heterocycles. The fraction of sp³-hybridized carbons (Fsp3) is 0.625. The molecule has 0 unspecified atom stereocenters. The summed E-state index contributed by atoms with van der Waals surface area (Å²) < 4.78 is 67.1. The molecule has 0 atom stereocenters. The van der Waals surface area contributed by atoms with Gasteiger partial charge in [0.1, 0.15) is 0 Å². The van der Waals surface area contributed by atoms with E-state index in [0.717, 1.165) is 12.1 Å². The zero-order valence-electron chi connectivity index (χ0n) is 13.7. The van der Waals surface area contributed by atoms with Crippen molar-refractivity contribution in [2.75, 3.05) is 6.54 Å². The lowest BCUT2D eigenvalue weighted by atomic mass is 10.0. The van der Waals surface area contributed by atoms with Gasteiger partial charge in [-0.2, -0.15) is 17.5 Å². The van der Waals surface area contributed by atoms with Crippen molar-refractivity contribution in [1.29, 1.82) is 0 Å². The Labute approximate surface area is 135 Å². The zero-order valence-corrected chi connectivity index (χ0v) is 14.6. The second-order valence-corrected chi connectivity index (χ2v) is 8.73. The van der Waals surface area contributed by atoms with E-state index in [0.29, 0.717) is 18.4 Å². The Kier molecular flexibility index (Phi) is 4.58. The summed E-state index contributed by atoms with van der Waals surface area (Å²) in [5, 5.41) is 0. The molecule has 0 aromatic heterocycles. The third kappa shape index (κ3) is 3.40. The van der Waals surface area contributed by atoms with Crippen LogP contribution in [0.2, 0.25) is 0 Å². The summed E-state index contributed by atoms with van der Waals surface area (Å²) in [4.78, 5) is -0.649. The Morgan fingerprint density at radius 2 is 1.83 bits per heavy atom. The van der Waals surface area contributed by atoms with Crippen molar-refractivity contribution in [3.63, 3.8) is 0 Å². The van der Waals surface area contributed by atoms with Crippen LogP contribution >= 0.6 is 0 Å². The number of rotatable bonds is 3. The van der Waals surface area contributed by atoms with E-state index in [1.54, 1.807) is 27.7 Å². The molecule has 1 heterocycles. The van der Waals surface area contributed by atoms with Crippen molar-refractivity contribution in [3.05, 3.63) is 29.3 Å². The second-order valence-electron chi connectivity index (χ2n) is 6.90. The first kappa shape index (κ1) is 18.3. The Hall–Kier alpha value is -1.08. The maximum atomic E-state index is 13.4. The van der Waals surface area contributed by atoms with Gasteiger partial charge in [0.05, 0.1) is 10.5 Å². The van der Waals surface area contributed by atoms with Crippen LogP contribution in [0, 0.1) is 0 Å². The van der Waals surface area contributed by atoms with Crippen LogP contribution < -0.4 is 0 Å². The van der Waals surface area contributed by atoms with Gasteiger partial charge < -0.3 is 0 Å². The van der Waals surface area contributed by atoms with Gasteiger partial charge in [0.25, 0.3) is 0 Å². The molecule has 1 aliphatic heterocycles. The van der Waals surface area contributed by atoms with E-state index in [9.17, 15) is 21.6 Å². The number of alkyl halides is 3. The molecule has 130 valence electrons. The van der Waals surface area contributed by atoms with Crippen LogP contribution in [-0.2, 0) is 16.2 Å². The molecule has 0 spiro atoms. The van der Waals surface area contributed by atoms with Gasteiger partial charge in [-0.1, -0.05) is 19.9 Å². The van der Waals surface area contributed by atoms with Crippen molar-refractivity contribution < 1.29 is 21.6 Å². The SMILES string of the molecule is CC(C)c1ccc(S(=O)(=O)N2CCCC2(C)C)c(C(F)(F)F)c1. The van der Waals surface area contributed by atoms with Crippen molar-refractivity contribution >= 4 is 10.0 Å². The minimum Gasteiger partial charge on any atom is -0.207 e. The van der Waals surface area contributed by atoms with Crippen LogP contribution in [0.15, 0.2) is 23.1 Å². The van der Waals surface area contributed by atoms with Crippen LogP contribution in [-0.4, -0.2) is 24.8 Å². The molecule has 1 aliphatic rings. The molecule has 3 nitrogen and oxygen atoms in total. The lowest BCUT2D eigenvalue weighted by Gasteiger charge is -2.31. The second kappa shape index (κ2) is 5.77. The van der Waals surface area contributed by atoms with Crippen LogP contribution in [0.1, 0.15) is 57.6 Å². The molecule has 0 bridgehead atoms. The Morgan fingerprint density at radius 1 is 1.22 bits per heavy atom. The van der Waals surface area contributed by atoms with Gasteiger partial charge in [0, 0.05) is 12.1 Å². The van der Waals surface area contributed by atoms with Crippen molar-refractivity contribution in [3.8, 4) is 0 Å². The summed E-state index contributed by atoms with van der Waals surface area (Å²) in [6, 6.07) is 3.53. The summed E-state index contributed by atoms with van der Waals surface area (Å²) in [6.07, 6.45) is -3.42. The van der Waals surface area contributed by atoms with Gasteiger partial charge >= 0.3 is 6.18 Å². The summed E-state index contributed by atoms with van der Waals surface area (Å²) in [7, 11) is -4.19. The maximum Gasteiger partial charge on any atom is 0.417 e. The van der Waals surface area contributed by atoms with Gasteiger partial charge in [0.2, 0.25) is 10.0 Å². The topological polar surface area (TPSA) is 37.4 Å². The number of halogens is 3. The average Bonchev–Trinajstić information content (AvgIpc) is 2.77. The van der Waals surface area contributed by atoms with E-state index < -0.39 is 32.2 Å². The van der Waals surface area contributed by atoms with Gasteiger partial charge in [-0.15, -0.1) is 0 Å². The molecule has 7 heteroatoms. The van der Waals surface area contributed by atoms with Gasteiger partial charge in [-0.05, 0) is 50.3 Å². The number of sulfonamides is 1. The van der Waals surface area contributed by atoms with Crippen LogP contribution in [0.4, 0.5) is 13.2 Å². The highest BCUT2D eigenvalue weighted by atomic mass is 32.2. The molecule has 0 aliphatic carbocycles. The molecule has 1 aromatic carbocycles. The Morgan fingerprint density at radius 3 is 2.26 bits per heavy atom. The molecule has 0 N–H and O–H groups in total. The first-order valence-electron chi connectivity index (χ1n) is 7.61. The van der Waals surface area contributed by atoms with E-state index in [1.165, 1.54) is 10.4 Å². The highest BCUT2D eigenvalue weighted by molar-refractivity contribution is 7.89. The number of hydrogen-bond acceptors (Lipinski definition) is 2. The van der Waals surface area contributed by atoms with E-state index in [1.807, 2.05) is 0 Å². The third-order valence-corrected chi connectivity index (χ3v) is 6.54. The van der Waals surface area contributed by atoms with E-state index >= 15 is 0 Å². The van der Waals surface area contributed by atoms with Crippen LogP contribution in [0.3, 0.4) is 0 Å². The number of hydrogen-bond donors (Lipinski definition) is 0. The highest BCUT2D eigenvalue weighted by Gasteiger charge is 2.45. The van der Waals surface area contributed by atoms with Gasteiger partial charge in [-0.3, -0.25) is 0 Å². The van der Waals surface area contributed by atoms with Crippen molar-refractivity contribution in [2.45, 2.75) is 63.1 Å². The monoisotopic (exact) mass is 349 g/mol. The molecular formula is C16H22F3NO2S. The van der Waals surface area contributed by atoms with Gasteiger partial charge in [-0.25, -0.2) is 8.42 Å². The highest BCUT2D eigenvalue weighted by Crippen LogP contribution is 2.40. The molecule has 23 heavy (non-hydrogen) atoms. The molecule has 1 aromatic rings. The molecule has 1 fully saturated rings. The van der Waals surface area contributed by atoms with E-state index in [2.05, 4.69) is 0 Å². The quantitative estimate of drug-likeness (QED) is 0.811. The smallest absolute Gasteiger partial charge is 0.207 e. The van der Waals surface area contributed by atoms with E-state index in [-0.39, 0.29) is 12.5 Å². The Bertz CT molecular complexity index is 694. The average molecular weight is 349 g/mol. The minimum atomic E-state index is -4.71. The first-order chi connectivity index (χ1) is 10.4. The summed E-state index contributed by atoms with van der Waals surface area (Å²) in [6.45, 7) is 7.28. The van der Waals surface area contributed by atoms with Crippen molar-refractivity contribution in [2.24, 2.45) is 0 Å².